The summed E-state index contributed by atoms with van der Waals surface area (Å²) < 4.78 is 67.8. The SMILES string of the molecule is COc1ccc2c3ccnc(C(F)(F)F)c3n(CCN3CCOCC3)c2c1F.Cl. The number of fused-ring (bicyclic) bond motifs is 3. The van der Waals surface area contributed by atoms with Crippen LogP contribution in [0.15, 0.2) is 24.4 Å². The number of alkyl halides is 3. The maximum Gasteiger partial charge on any atom is 0.435 e. The highest BCUT2D eigenvalue weighted by atomic mass is 35.5. The van der Waals surface area contributed by atoms with E-state index in [2.05, 4.69) is 9.88 Å². The van der Waals surface area contributed by atoms with Crippen LogP contribution in [0.1, 0.15) is 5.69 Å². The standard InChI is InChI=1S/C19H19F4N3O2.ClH/c1-27-14-3-2-12-13-4-5-24-18(19(21,22)23)17(13)26(16(12)15(14)20)7-6-25-8-10-28-11-9-25;/h2-5H,6-11H2,1H3;1H. The van der Waals surface area contributed by atoms with Crippen molar-refractivity contribution in [3.63, 3.8) is 0 Å². The fraction of sp³-hybridized carbons (Fsp3) is 0.421. The quantitative estimate of drug-likeness (QED) is 0.580. The van der Waals surface area contributed by atoms with Gasteiger partial charge in [0.1, 0.15) is 0 Å². The molecule has 2 aromatic heterocycles. The molecule has 29 heavy (non-hydrogen) atoms. The van der Waals surface area contributed by atoms with Gasteiger partial charge in [0.2, 0.25) is 0 Å². The van der Waals surface area contributed by atoms with Crippen molar-refractivity contribution in [2.75, 3.05) is 40.0 Å². The normalized spacial score (nSPS) is 15.6. The number of morpholine rings is 1. The first-order chi connectivity index (χ1) is 13.4. The first-order valence-electron chi connectivity index (χ1n) is 8.92. The number of nitrogens with zero attached hydrogens (tertiary/aromatic N) is 3. The topological polar surface area (TPSA) is 39.5 Å². The molecule has 0 bridgehead atoms. The summed E-state index contributed by atoms with van der Waals surface area (Å²) in [6, 6.07) is 4.51. The summed E-state index contributed by atoms with van der Waals surface area (Å²) in [4.78, 5) is 5.65. The molecule has 0 saturated carbocycles. The number of halogens is 5. The smallest absolute Gasteiger partial charge is 0.435 e. The summed E-state index contributed by atoms with van der Waals surface area (Å²) in [5.74, 6) is -0.684. The molecule has 4 rings (SSSR count). The number of rotatable bonds is 4. The lowest BCUT2D eigenvalue weighted by molar-refractivity contribution is -0.140. The van der Waals surface area contributed by atoms with Crippen LogP contribution in [-0.4, -0.2) is 54.4 Å². The predicted molar refractivity (Wildman–Crippen MR) is 103 cm³/mol. The van der Waals surface area contributed by atoms with Gasteiger partial charge in [0.25, 0.3) is 0 Å². The number of aromatic nitrogens is 2. The van der Waals surface area contributed by atoms with E-state index in [1.165, 1.54) is 23.8 Å². The molecule has 158 valence electrons. The molecule has 3 heterocycles. The summed E-state index contributed by atoms with van der Waals surface area (Å²) in [5, 5.41) is 0.726. The van der Waals surface area contributed by atoms with Gasteiger partial charge in [-0.05, 0) is 18.2 Å². The van der Waals surface area contributed by atoms with Crippen molar-refractivity contribution in [2.45, 2.75) is 12.7 Å². The molecule has 1 fully saturated rings. The molecule has 1 saturated heterocycles. The zero-order valence-electron chi connectivity index (χ0n) is 15.6. The maximum absolute atomic E-state index is 15.1. The first-order valence-corrected chi connectivity index (χ1v) is 8.92. The van der Waals surface area contributed by atoms with Crippen LogP contribution in [0.4, 0.5) is 17.6 Å². The maximum atomic E-state index is 15.1. The van der Waals surface area contributed by atoms with Gasteiger partial charge in [-0.25, -0.2) is 9.37 Å². The minimum Gasteiger partial charge on any atom is -0.494 e. The second-order valence-electron chi connectivity index (χ2n) is 6.64. The molecule has 0 aliphatic carbocycles. The first kappa shape index (κ1) is 21.6. The minimum atomic E-state index is -4.65. The Labute approximate surface area is 170 Å². The highest BCUT2D eigenvalue weighted by molar-refractivity contribution is 6.09. The molecule has 0 unspecified atom stereocenters. The van der Waals surface area contributed by atoms with Crippen LogP contribution in [0.5, 0.6) is 5.75 Å². The molecular formula is C19H20ClF4N3O2. The van der Waals surface area contributed by atoms with E-state index in [1.54, 1.807) is 6.07 Å². The number of ether oxygens (including phenoxy) is 2. The van der Waals surface area contributed by atoms with Crippen molar-refractivity contribution < 1.29 is 27.0 Å². The summed E-state index contributed by atoms with van der Waals surface area (Å²) >= 11 is 0. The Morgan fingerprint density at radius 1 is 1.07 bits per heavy atom. The molecule has 0 N–H and O–H groups in total. The zero-order valence-corrected chi connectivity index (χ0v) is 16.4. The third kappa shape index (κ3) is 3.86. The van der Waals surface area contributed by atoms with E-state index in [4.69, 9.17) is 9.47 Å². The Morgan fingerprint density at radius 2 is 1.76 bits per heavy atom. The molecule has 0 atom stereocenters. The van der Waals surface area contributed by atoms with Crippen molar-refractivity contribution in [3.05, 3.63) is 35.9 Å². The van der Waals surface area contributed by atoms with Gasteiger partial charge in [-0.3, -0.25) is 4.90 Å². The molecule has 1 aliphatic heterocycles. The third-order valence-electron chi connectivity index (χ3n) is 5.07. The second kappa shape index (κ2) is 8.33. The summed E-state index contributed by atoms with van der Waals surface area (Å²) in [5.41, 5.74) is -1.02. The molecular weight excluding hydrogens is 414 g/mol. The van der Waals surface area contributed by atoms with Crippen molar-refractivity contribution in [1.82, 2.24) is 14.5 Å². The van der Waals surface area contributed by atoms with Gasteiger partial charge >= 0.3 is 6.18 Å². The van der Waals surface area contributed by atoms with E-state index in [-0.39, 0.29) is 35.7 Å². The Kier molecular flexibility index (Phi) is 6.21. The van der Waals surface area contributed by atoms with Crippen LogP contribution in [-0.2, 0) is 17.5 Å². The number of methoxy groups -OCH3 is 1. The van der Waals surface area contributed by atoms with Gasteiger partial charge < -0.3 is 14.0 Å². The number of pyridine rings is 1. The fourth-order valence-electron chi connectivity index (χ4n) is 3.74. The van der Waals surface area contributed by atoms with Crippen LogP contribution in [0, 0.1) is 5.82 Å². The fourth-order valence-corrected chi connectivity index (χ4v) is 3.74. The van der Waals surface area contributed by atoms with Crippen molar-refractivity contribution in [3.8, 4) is 5.75 Å². The van der Waals surface area contributed by atoms with Crippen molar-refractivity contribution in [2.24, 2.45) is 0 Å². The van der Waals surface area contributed by atoms with Gasteiger partial charge in [-0.2, -0.15) is 13.2 Å². The molecule has 1 aliphatic rings. The molecule has 5 nitrogen and oxygen atoms in total. The summed E-state index contributed by atoms with van der Waals surface area (Å²) in [6.07, 6.45) is -3.54. The van der Waals surface area contributed by atoms with E-state index in [1.807, 2.05) is 0 Å². The van der Waals surface area contributed by atoms with Gasteiger partial charge in [0.05, 0.1) is 31.4 Å². The molecule has 0 amide bonds. The van der Waals surface area contributed by atoms with Gasteiger partial charge in [0, 0.05) is 43.1 Å². The second-order valence-corrected chi connectivity index (χ2v) is 6.64. The molecule has 10 heteroatoms. The van der Waals surface area contributed by atoms with Gasteiger partial charge in [-0.1, -0.05) is 0 Å². The van der Waals surface area contributed by atoms with E-state index < -0.39 is 17.7 Å². The number of benzene rings is 1. The van der Waals surface area contributed by atoms with Gasteiger partial charge in [-0.15, -0.1) is 12.4 Å². The highest BCUT2D eigenvalue weighted by Crippen LogP contribution is 2.40. The van der Waals surface area contributed by atoms with E-state index in [9.17, 15) is 13.2 Å². The van der Waals surface area contributed by atoms with E-state index in [0.717, 1.165) is 6.20 Å². The van der Waals surface area contributed by atoms with Crippen LogP contribution < -0.4 is 4.74 Å². The minimum absolute atomic E-state index is 0. The van der Waals surface area contributed by atoms with Crippen molar-refractivity contribution >= 4 is 34.2 Å². The van der Waals surface area contributed by atoms with Crippen LogP contribution in [0.2, 0.25) is 0 Å². The largest absolute Gasteiger partial charge is 0.494 e. The predicted octanol–water partition coefficient (Wildman–Crippen LogP) is 4.11. The van der Waals surface area contributed by atoms with Gasteiger partial charge in [0.15, 0.2) is 17.3 Å². The number of hydrogen-bond donors (Lipinski definition) is 0. The van der Waals surface area contributed by atoms with Crippen molar-refractivity contribution in [1.29, 1.82) is 0 Å². The highest BCUT2D eigenvalue weighted by Gasteiger charge is 2.37. The Bertz CT molecular complexity index is 1020. The lowest BCUT2D eigenvalue weighted by Gasteiger charge is -2.27. The Balaban J connectivity index is 0.00000240. The molecule has 3 aromatic rings. The monoisotopic (exact) mass is 433 g/mol. The van der Waals surface area contributed by atoms with Crippen LogP contribution >= 0.6 is 12.4 Å². The zero-order chi connectivity index (χ0) is 19.9. The Morgan fingerprint density at radius 3 is 2.41 bits per heavy atom. The lowest BCUT2D eigenvalue weighted by atomic mass is 10.1. The molecule has 0 spiro atoms. The summed E-state index contributed by atoms with van der Waals surface area (Å²) in [7, 11) is 1.33. The summed E-state index contributed by atoms with van der Waals surface area (Å²) in [6.45, 7) is 3.19. The molecule has 0 radical (unpaired) electrons. The third-order valence-corrected chi connectivity index (χ3v) is 5.07. The van der Waals surface area contributed by atoms with E-state index in [0.29, 0.717) is 43.6 Å². The average molecular weight is 434 g/mol. The molecule has 1 aromatic carbocycles. The number of hydrogen-bond acceptors (Lipinski definition) is 4. The van der Waals surface area contributed by atoms with E-state index >= 15 is 4.39 Å². The lowest BCUT2D eigenvalue weighted by Crippen LogP contribution is -2.38. The average Bonchev–Trinajstić information content (AvgIpc) is 3.01. The van der Waals surface area contributed by atoms with Crippen LogP contribution in [0.3, 0.4) is 0 Å². The Hall–Kier alpha value is -2.10. The van der Waals surface area contributed by atoms with Crippen LogP contribution in [0.25, 0.3) is 21.8 Å².